The Morgan fingerprint density at radius 3 is 2.33 bits per heavy atom. The Morgan fingerprint density at radius 2 is 1.48 bits per heavy atom. The third-order valence-corrected chi connectivity index (χ3v) is 8.92. The number of allylic oxidation sites excluding steroid dienone is 7. The first-order valence-corrected chi connectivity index (χ1v) is 14.4. The van der Waals surface area contributed by atoms with Gasteiger partial charge < -0.3 is 4.90 Å². The van der Waals surface area contributed by atoms with E-state index in [1.54, 1.807) is 0 Å². The van der Waals surface area contributed by atoms with Crippen LogP contribution in [0.25, 0.3) is 17.2 Å². The number of hydrogen-bond acceptors (Lipinski definition) is 1. The molecule has 0 spiro atoms. The van der Waals surface area contributed by atoms with Gasteiger partial charge in [-0.25, -0.2) is 0 Å². The molecule has 0 saturated heterocycles. The van der Waals surface area contributed by atoms with Gasteiger partial charge in [0.05, 0.1) is 0 Å². The summed E-state index contributed by atoms with van der Waals surface area (Å²) in [5.74, 6) is 0.367. The Labute approximate surface area is 238 Å². The van der Waals surface area contributed by atoms with Crippen molar-refractivity contribution in [1.29, 1.82) is 0 Å². The maximum absolute atomic E-state index is 2.50. The highest BCUT2D eigenvalue weighted by molar-refractivity contribution is 5.87. The molecule has 0 aliphatic heterocycles. The minimum absolute atomic E-state index is 0.367. The van der Waals surface area contributed by atoms with Gasteiger partial charge in [-0.2, -0.15) is 0 Å². The van der Waals surface area contributed by atoms with Crippen LogP contribution in [0.1, 0.15) is 50.4 Å². The van der Waals surface area contributed by atoms with Crippen molar-refractivity contribution in [2.75, 3.05) is 4.90 Å². The van der Waals surface area contributed by atoms with E-state index >= 15 is 0 Å². The van der Waals surface area contributed by atoms with Crippen LogP contribution in [0.5, 0.6) is 0 Å². The van der Waals surface area contributed by atoms with Crippen molar-refractivity contribution in [1.82, 2.24) is 0 Å². The smallest absolute Gasteiger partial charge is 0.0497 e. The van der Waals surface area contributed by atoms with E-state index in [4.69, 9.17) is 0 Å². The van der Waals surface area contributed by atoms with Crippen molar-refractivity contribution in [2.45, 2.75) is 47.0 Å². The van der Waals surface area contributed by atoms with E-state index in [9.17, 15) is 0 Å². The quantitative estimate of drug-likeness (QED) is 0.260. The molecule has 0 fully saturated rings. The number of hydrogen-bond donors (Lipinski definition) is 0. The SMILES string of the molecule is Cc1ccc(C)c(-c2cccc(N(c3cc4c5c(c3)CC=C3C=CC=C(C=C4)C35)c3cc(C)ccc3C)c2C)c1. The van der Waals surface area contributed by atoms with E-state index in [1.165, 1.54) is 83.8 Å². The van der Waals surface area contributed by atoms with Crippen molar-refractivity contribution in [2.24, 2.45) is 0 Å². The van der Waals surface area contributed by atoms with Gasteiger partial charge in [0.1, 0.15) is 0 Å². The van der Waals surface area contributed by atoms with Crippen molar-refractivity contribution >= 4 is 23.1 Å². The normalized spacial score (nSPS) is 16.4. The molecule has 4 aromatic carbocycles. The van der Waals surface area contributed by atoms with Crippen molar-refractivity contribution in [3.8, 4) is 11.1 Å². The van der Waals surface area contributed by atoms with Crippen LogP contribution in [-0.4, -0.2) is 0 Å². The lowest BCUT2D eigenvalue weighted by Crippen LogP contribution is -2.19. The molecule has 0 heterocycles. The molecule has 1 nitrogen and oxygen atoms in total. The molecule has 3 aliphatic carbocycles. The molecule has 1 unspecified atom stereocenters. The first-order chi connectivity index (χ1) is 19.4. The summed E-state index contributed by atoms with van der Waals surface area (Å²) in [6.07, 6.45) is 14.8. The minimum Gasteiger partial charge on any atom is -0.310 e. The molecule has 0 radical (unpaired) electrons. The van der Waals surface area contributed by atoms with Crippen LogP contribution >= 0.6 is 0 Å². The third kappa shape index (κ3) is 3.92. The second-order valence-corrected chi connectivity index (χ2v) is 11.7. The van der Waals surface area contributed by atoms with E-state index in [-0.39, 0.29) is 0 Å². The maximum Gasteiger partial charge on any atom is 0.0497 e. The predicted molar refractivity (Wildman–Crippen MR) is 171 cm³/mol. The Balaban J connectivity index is 1.46. The summed E-state index contributed by atoms with van der Waals surface area (Å²) in [5, 5.41) is 0. The molecule has 0 N–H and O–H groups in total. The van der Waals surface area contributed by atoms with Gasteiger partial charge in [0.25, 0.3) is 0 Å². The zero-order chi connectivity index (χ0) is 27.5. The van der Waals surface area contributed by atoms with E-state index in [1.807, 2.05) is 0 Å². The Kier molecular flexibility index (Phi) is 5.78. The van der Waals surface area contributed by atoms with Crippen LogP contribution in [0.3, 0.4) is 0 Å². The fourth-order valence-corrected chi connectivity index (χ4v) is 6.80. The van der Waals surface area contributed by atoms with Gasteiger partial charge in [-0.15, -0.1) is 0 Å². The Morgan fingerprint density at radius 1 is 0.675 bits per heavy atom. The van der Waals surface area contributed by atoms with E-state index in [2.05, 4.69) is 143 Å². The molecule has 0 saturated carbocycles. The van der Waals surface area contributed by atoms with Gasteiger partial charge in [-0.05, 0) is 127 Å². The van der Waals surface area contributed by atoms with Gasteiger partial charge in [0, 0.05) is 23.0 Å². The molecule has 40 heavy (non-hydrogen) atoms. The molecule has 0 aromatic heterocycles. The fourth-order valence-electron chi connectivity index (χ4n) is 6.80. The average molecular weight is 518 g/mol. The summed E-state index contributed by atoms with van der Waals surface area (Å²) >= 11 is 0. The lowest BCUT2D eigenvalue weighted by Gasteiger charge is -2.36. The van der Waals surface area contributed by atoms with Gasteiger partial charge in [-0.3, -0.25) is 0 Å². The van der Waals surface area contributed by atoms with Crippen molar-refractivity contribution in [3.63, 3.8) is 0 Å². The van der Waals surface area contributed by atoms with Crippen LogP contribution in [0, 0.1) is 34.6 Å². The second-order valence-electron chi connectivity index (χ2n) is 11.7. The van der Waals surface area contributed by atoms with Crippen LogP contribution in [-0.2, 0) is 6.42 Å². The van der Waals surface area contributed by atoms with Crippen LogP contribution in [0.2, 0.25) is 0 Å². The predicted octanol–water partition coefficient (Wildman–Crippen LogP) is 10.5. The van der Waals surface area contributed by atoms with Crippen LogP contribution in [0.15, 0.2) is 108 Å². The summed E-state index contributed by atoms with van der Waals surface area (Å²) in [5.41, 5.74) is 19.8. The summed E-state index contributed by atoms with van der Waals surface area (Å²) < 4.78 is 0. The molecule has 0 amide bonds. The standard InChI is InChI=1S/C39H35N/c1-24-12-14-26(3)35(20-24)34-10-7-11-36(28(34)5)40(37-21-25(2)13-15-27(37)4)33-22-31-18-16-29-8-6-9-30-17-19-32(23-33)39(31)38(29)30/h6-18,20-23,38H,19H2,1-5H3. The highest BCUT2D eigenvalue weighted by Gasteiger charge is 2.31. The topological polar surface area (TPSA) is 3.24 Å². The molecular formula is C39H35N. The summed E-state index contributed by atoms with van der Waals surface area (Å²) in [7, 11) is 0. The van der Waals surface area contributed by atoms with Gasteiger partial charge >= 0.3 is 0 Å². The molecular weight excluding hydrogens is 482 g/mol. The minimum atomic E-state index is 0.367. The molecule has 3 aliphatic rings. The average Bonchev–Trinajstić information content (AvgIpc) is 2.96. The summed E-state index contributed by atoms with van der Waals surface area (Å²) in [6, 6.07) is 25.2. The number of anilines is 3. The van der Waals surface area contributed by atoms with Gasteiger partial charge in [0.2, 0.25) is 0 Å². The largest absolute Gasteiger partial charge is 0.310 e. The van der Waals surface area contributed by atoms with Gasteiger partial charge in [0.15, 0.2) is 0 Å². The number of nitrogens with zero attached hydrogens (tertiary/aromatic N) is 1. The number of benzene rings is 4. The van der Waals surface area contributed by atoms with Crippen LogP contribution < -0.4 is 4.90 Å². The van der Waals surface area contributed by atoms with Crippen molar-refractivity contribution < 1.29 is 0 Å². The van der Waals surface area contributed by atoms with Gasteiger partial charge in [-0.1, -0.05) is 84.5 Å². The van der Waals surface area contributed by atoms with E-state index in [0.29, 0.717) is 5.92 Å². The van der Waals surface area contributed by atoms with Crippen molar-refractivity contribution in [3.05, 3.63) is 153 Å². The lowest BCUT2D eigenvalue weighted by molar-refractivity contribution is 0.891. The first-order valence-electron chi connectivity index (χ1n) is 14.4. The maximum atomic E-state index is 2.50. The Hall–Kier alpha value is -4.36. The third-order valence-electron chi connectivity index (χ3n) is 8.92. The fraction of sp³-hybridized carbons (Fsp3) is 0.179. The second kappa shape index (κ2) is 9.38. The first kappa shape index (κ1) is 24.7. The lowest BCUT2D eigenvalue weighted by atomic mass is 9.71. The molecule has 7 rings (SSSR count). The number of rotatable bonds is 4. The molecule has 0 bridgehead atoms. The molecule has 196 valence electrons. The summed E-state index contributed by atoms with van der Waals surface area (Å²) in [6.45, 7) is 11.1. The highest BCUT2D eigenvalue weighted by atomic mass is 15.1. The van der Waals surface area contributed by atoms with E-state index < -0.39 is 0 Å². The summed E-state index contributed by atoms with van der Waals surface area (Å²) in [4.78, 5) is 2.50. The molecule has 1 atom stereocenters. The molecule has 4 aromatic rings. The highest BCUT2D eigenvalue weighted by Crippen LogP contribution is 2.49. The monoisotopic (exact) mass is 517 g/mol. The molecule has 1 heteroatoms. The number of aryl methyl sites for hydroxylation is 4. The zero-order valence-corrected chi connectivity index (χ0v) is 24.0. The van der Waals surface area contributed by atoms with Crippen LogP contribution in [0.4, 0.5) is 17.1 Å². The van der Waals surface area contributed by atoms with E-state index in [0.717, 1.165) is 6.42 Å². The Bertz CT molecular complexity index is 1820. The zero-order valence-electron chi connectivity index (χ0n) is 24.0.